The minimum atomic E-state index is -0.781. The largest absolute Gasteiger partial charge is 0.488 e. The number of rotatable bonds is 18. The summed E-state index contributed by atoms with van der Waals surface area (Å²) in [6, 6.07) is 24.9. The van der Waals surface area contributed by atoms with E-state index in [-0.39, 0.29) is 33.0 Å². The van der Waals surface area contributed by atoms with Crippen LogP contribution in [0, 0.1) is 31.1 Å². The van der Waals surface area contributed by atoms with Gasteiger partial charge in [-0.15, -0.1) is 0 Å². The van der Waals surface area contributed by atoms with Crippen LogP contribution in [0.4, 0.5) is 0 Å². The van der Waals surface area contributed by atoms with Crippen molar-refractivity contribution in [1.82, 2.24) is 14.9 Å². The Hall–Kier alpha value is -6.49. The van der Waals surface area contributed by atoms with Gasteiger partial charge in [0.25, 0.3) is 0 Å². The molecule has 1 aliphatic rings. The standard InChI is InChI=1S/C51H49Cl2N5O7/c1-32-39(30-64-49-17-47(62-29-37-14-35(20-55-3)22-57-24-37)41(15-45(49)52)26-58-12-6-9-38(25-58)51(60)61)7-4-10-43(32)44-11-5-8-40(33(44)2)31-65-50-18-48(42(27-59)16-46(50)53)63-28-36-13-34(19-54)21-56-23-36/h4-5,7-8,10-11,13-18,20-24,38,59H,6,9,12,25-31H2,1-3H3,(H,60,61). The summed E-state index contributed by atoms with van der Waals surface area (Å²) in [5, 5.41) is 29.8. The van der Waals surface area contributed by atoms with Crippen molar-refractivity contribution >= 4 is 35.4 Å². The maximum absolute atomic E-state index is 11.8. The molecule has 1 aliphatic heterocycles. The third-order valence-corrected chi connectivity index (χ3v) is 12.0. The molecular formula is C51H49Cl2N5O7. The summed E-state index contributed by atoms with van der Waals surface area (Å²) in [5.41, 5.74) is 10.3. The molecule has 1 saturated heterocycles. The van der Waals surface area contributed by atoms with E-state index in [2.05, 4.69) is 51.9 Å². The summed E-state index contributed by atoms with van der Waals surface area (Å²) in [5.74, 6) is 0.651. The van der Waals surface area contributed by atoms with Gasteiger partial charge in [-0.3, -0.25) is 24.7 Å². The molecule has 65 heavy (non-hydrogen) atoms. The highest BCUT2D eigenvalue weighted by atomic mass is 35.5. The van der Waals surface area contributed by atoms with E-state index in [1.807, 2.05) is 42.5 Å². The molecule has 4 aromatic carbocycles. The molecule has 0 aliphatic carbocycles. The van der Waals surface area contributed by atoms with E-state index in [1.54, 1.807) is 50.1 Å². The van der Waals surface area contributed by atoms with Crippen LogP contribution in [0.15, 0.2) is 103 Å². The van der Waals surface area contributed by atoms with Crippen molar-refractivity contribution in [1.29, 1.82) is 5.26 Å². The lowest BCUT2D eigenvalue weighted by molar-refractivity contribution is -0.143. The Balaban J connectivity index is 1.07. The maximum atomic E-state index is 11.8. The second kappa shape index (κ2) is 21.9. The van der Waals surface area contributed by atoms with Crippen molar-refractivity contribution in [3.63, 3.8) is 0 Å². The molecule has 0 radical (unpaired) electrons. The van der Waals surface area contributed by atoms with E-state index in [4.69, 9.17) is 42.1 Å². The Kier molecular flexibility index (Phi) is 15.7. The summed E-state index contributed by atoms with van der Waals surface area (Å²) >= 11 is 13.6. The molecule has 0 bridgehead atoms. The van der Waals surface area contributed by atoms with Gasteiger partial charge in [-0.1, -0.05) is 59.6 Å². The van der Waals surface area contributed by atoms with E-state index in [0.29, 0.717) is 69.2 Å². The van der Waals surface area contributed by atoms with Crippen LogP contribution in [0.1, 0.15) is 68.5 Å². The number of nitriles is 1. The van der Waals surface area contributed by atoms with E-state index in [9.17, 15) is 20.3 Å². The van der Waals surface area contributed by atoms with Crippen LogP contribution < -0.4 is 18.9 Å². The summed E-state index contributed by atoms with van der Waals surface area (Å²) in [7, 11) is 1.71. The minimum absolute atomic E-state index is 0.135. The third-order valence-electron chi connectivity index (χ3n) is 11.4. The summed E-state index contributed by atoms with van der Waals surface area (Å²) in [6.07, 6.45) is 9.78. The van der Waals surface area contributed by atoms with Crippen molar-refractivity contribution < 1.29 is 34.0 Å². The van der Waals surface area contributed by atoms with Gasteiger partial charge in [-0.25, -0.2) is 0 Å². The number of aliphatic imine (C=N–C) groups is 1. The number of hydrogen-bond donors (Lipinski definition) is 2. The SMILES string of the molecule is CN=Cc1cncc(COc2cc(OCc3cccc(-c4cccc(COc5cc(OCc6cncc(C#N)c6)c(CO)cc5Cl)c4C)c3C)c(Cl)cc2CN2CCCC(C(=O)O)C2)c1. The van der Waals surface area contributed by atoms with Crippen LogP contribution in [0.5, 0.6) is 23.0 Å². The molecule has 6 aromatic rings. The first-order valence-corrected chi connectivity index (χ1v) is 21.9. The van der Waals surface area contributed by atoms with Crippen LogP contribution >= 0.6 is 23.2 Å². The average molecular weight is 915 g/mol. The number of pyridine rings is 2. The second-order valence-electron chi connectivity index (χ2n) is 15.9. The number of likely N-dealkylation sites (tertiary alicyclic amines) is 1. The first-order valence-electron chi connectivity index (χ1n) is 21.1. The molecule has 14 heteroatoms. The number of carbonyl (C=O) groups is 1. The number of aliphatic carboxylic acids is 1. The van der Waals surface area contributed by atoms with Gasteiger partial charge in [0.2, 0.25) is 0 Å². The van der Waals surface area contributed by atoms with Crippen LogP contribution in [0.25, 0.3) is 11.1 Å². The highest BCUT2D eigenvalue weighted by Gasteiger charge is 2.26. The topological polar surface area (TPSA) is 160 Å². The molecule has 0 amide bonds. The van der Waals surface area contributed by atoms with Gasteiger partial charge in [-0.05, 0) is 90.9 Å². The Morgan fingerprint density at radius 3 is 1.94 bits per heavy atom. The minimum Gasteiger partial charge on any atom is -0.488 e. The Morgan fingerprint density at radius 2 is 1.35 bits per heavy atom. The van der Waals surface area contributed by atoms with Gasteiger partial charge < -0.3 is 29.2 Å². The summed E-state index contributed by atoms with van der Waals surface area (Å²) in [6.45, 7) is 6.37. The lowest BCUT2D eigenvalue weighted by Gasteiger charge is -2.31. The zero-order valence-corrected chi connectivity index (χ0v) is 37.9. The van der Waals surface area contributed by atoms with Crippen molar-refractivity contribution in [2.24, 2.45) is 10.9 Å². The summed E-state index contributed by atoms with van der Waals surface area (Å²) < 4.78 is 25.2. The molecule has 12 nitrogen and oxygen atoms in total. The van der Waals surface area contributed by atoms with Gasteiger partial charge in [0.15, 0.2) is 0 Å². The molecule has 7 rings (SSSR count). The number of ether oxygens (including phenoxy) is 4. The van der Waals surface area contributed by atoms with E-state index in [1.165, 1.54) is 6.20 Å². The number of aliphatic hydroxyl groups is 1. The molecule has 1 atom stereocenters. The highest BCUT2D eigenvalue weighted by Crippen LogP contribution is 2.38. The second-order valence-corrected chi connectivity index (χ2v) is 16.7. The van der Waals surface area contributed by atoms with E-state index < -0.39 is 11.9 Å². The molecular weight excluding hydrogens is 865 g/mol. The Labute approximate surface area is 388 Å². The number of halogens is 2. The predicted molar refractivity (Wildman–Crippen MR) is 250 cm³/mol. The van der Waals surface area contributed by atoms with Gasteiger partial charge in [0.1, 0.15) is 55.5 Å². The molecule has 334 valence electrons. The van der Waals surface area contributed by atoms with Crippen molar-refractivity contribution in [3.8, 4) is 40.2 Å². The van der Waals surface area contributed by atoms with Crippen LogP contribution in [0.3, 0.4) is 0 Å². The van der Waals surface area contributed by atoms with Crippen molar-refractivity contribution in [3.05, 3.63) is 163 Å². The predicted octanol–water partition coefficient (Wildman–Crippen LogP) is 10.1. The number of piperidine rings is 1. The van der Waals surface area contributed by atoms with Gasteiger partial charge in [-0.2, -0.15) is 5.26 Å². The molecule has 0 spiro atoms. The number of nitrogens with zero attached hydrogens (tertiary/aromatic N) is 5. The zero-order valence-electron chi connectivity index (χ0n) is 36.4. The molecule has 2 aromatic heterocycles. The first kappa shape index (κ1) is 46.5. The van der Waals surface area contributed by atoms with E-state index >= 15 is 0 Å². The van der Waals surface area contributed by atoms with E-state index in [0.717, 1.165) is 63.0 Å². The number of benzene rings is 4. The van der Waals surface area contributed by atoms with Gasteiger partial charge in [0.05, 0.1) is 28.1 Å². The quantitative estimate of drug-likeness (QED) is 0.0790. The van der Waals surface area contributed by atoms with Crippen molar-refractivity contribution in [2.45, 2.75) is 66.3 Å². The number of carboxylic acid groups (broad SMARTS) is 1. The first-order chi connectivity index (χ1) is 31.5. The van der Waals surface area contributed by atoms with Gasteiger partial charge >= 0.3 is 5.97 Å². The normalized spacial score (nSPS) is 14.0. The fourth-order valence-electron chi connectivity index (χ4n) is 7.86. The molecule has 3 heterocycles. The summed E-state index contributed by atoms with van der Waals surface area (Å²) in [4.78, 5) is 26.5. The molecule has 0 saturated carbocycles. The van der Waals surface area contributed by atoms with Crippen LogP contribution in [-0.2, 0) is 44.4 Å². The lowest BCUT2D eigenvalue weighted by Crippen LogP contribution is -2.38. The number of hydrogen-bond acceptors (Lipinski definition) is 11. The number of aliphatic hydroxyl groups excluding tert-OH is 1. The molecule has 1 unspecified atom stereocenters. The Morgan fingerprint density at radius 1 is 0.785 bits per heavy atom. The average Bonchev–Trinajstić information content (AvgIpc) is 3.31. The fourth-order valence-corrected chi connectivity index (χ4v) is 8.34. The third kappa shape index (κ3) is 11.8. The fraction of sp³-hybridized carbons (Fsp3) is 0.275. The van der Waals surface area contributed by atoms with Crippen LogP contribution in [-0.4, -0.2) is 57.4 Å². The van der Waals surface area contributed by atoms with Gasteiger partial charge in [0, 0.05) is 91.1 Å². The maximum Gasteiger partial charge on any atom is 0.307 e. The highest BCUT2D eigenvalue weighted by molar-refractivity contribution is 6.32. The Bertz CT molecular complexity index is 2740. The van der Waals surface area contributed by atoms with Crippen molar-refractivity contribution in [2.75, 3.05) is 20.1 Å². The van der Waals surface area contributed by atoms with Crippen LogP contribution in [0.2, 0.25) is 10.0 Å². The molecule has 2 N–H and O–H groups in total. The molecule has 1 fully saturated rings. The lowest BCUT2D eigenvalue weighted by atomic mass is 9.92. The zero-order chi connectivity index (χ0) is 45.9. The monoisotopic (exact) mass is 913 g/mol. The number of aromatic nitrogens is 2. The smallest absolute Gasteiger partial charge is 0.307 e. The number of carboxylic acids is 1.